The van der Waals surface area contributed by atoms with Crippen LogP contribution in [0.1, 0.15) is 0 Å². The fraction of sp³-hybridized carbons (Fsp3) is 0. The van der Waals surface area contributed by atoms with Crippen LogP contribution in [0.3, 0.4) is 0 Å². The van der Waals surface area contributed by atoms with Crippen LogP contribution in [0.4, 0.5) is 4.39 Å². The van der Waals surface area contributed by atoms with Crippen LogP contribution in [-0.2, 0) is 0 Å². The molecule has 0 fully saturated rings. The average molecular weight is 454 g/mol. The molecule has 0 aliphatic heterocycles. The third kappa shape index (κ3) is 3.42. The molecule has 0 bridgehead atoms. The van der Waals surface area contributed by atoms with Gasteiger partial charge in [0, 0.05) is 26.8 Å². The lowest BCUT2D eigenvalue weighted by Crippen LogP contribution is -2.49. The molecule has 2 heterocycles. The van der Waals surface area contributed by atoms with Crippen molar-refractivity contribution in [1.82, 2.24) is 9.97 Å². The number of hydrogen-bond donors (Lipinski definition) is 0. The van der Waals surface area contributed by atoms with Gasteiger partial charge in [-0.05, 0) is 52.3 Å². The maximum atomic E-state index is 14.4. The van der Waals surface area contributed by atoms with E-state index in [0.717, 1.165) is 19.9 Å². The zero-order chi connectivity index (χ0) is 17.9. The van der Waals surface area contributed by atoms with Crippen LogP contribution < -0.4 is 15.6 Å². The van der Waals surface area contributed by atoms with Gasteiger partial charge in [0.1, 0.15) is 11.3 Å². The zero-order valence-corrected chi connectivity index (χ0v) is 15.8. The SMILES string of the molecule is Fc1ncccc1B(Oc1cccc2cccnc12)c1cccc(I)c1. The minimum Gasteiger partial charge on any atom is -0.550 e. The Morgan fingerprint density at radius 3 is 2.50 bits per heavy atom. The molecule has 0 saturated carbocycles. The molecule has 0 radical (unpaired) electrons. The van der Waals surface area contributed by atoms with Crippen LogP contribution in [0.5, 0.6) is 5.75 Å². The maximum absolute atomic E-state index is 14.4. The van der Waals surface area contributed by atoms with Crippen LogP contribution >= 0.6 is 22.6 Å². The van der Waals surface area contributed by atoms with E-state index in [0.29, 0.717) is 11.2 Å². The van der Waals surface area contributed by atoms with E-state index in [1.165, 1.54) is 6.20 Å². The van der Waals surface area contributed by atoms with Crippen LogP contribution in [0, 0.1) is 9.52 Å². The molecule has 126 valence electrons. The summed E-state index contributed by atoms with van der Waals surface area (Å²) in [5.74, 6) is 0.0692. The Hall–Kier alpha value is -2.48. The minimum absolute atomic E-state index is 0.391. The number of halogens is 2. The maximum Gasteiger partial charge on any atom is 0.431 e. The molecule has 0 aliphatic carbocycles. The number of nitrogens with zero attached hydrogens (tertiary/aromatic N) is 2. The van der Waals surface area contributed by atoms with E-state index in [-0.39, 0.29) is 0 Å². The molecule has 0 spiro atoms. The molecule has 0 atom stereocenters. The molecule has 0 N–H and O–H groups in total. The van der Waals surface area contributed by atoms with E-state index in [9.17, 15) is 4.39 Å². The van der Waals surface area contributed by atoms with Gasteiger partial charge in [-0.25, -0.2) is 4.98 Å². The van der Waals surface area contributed by atoms with Crippen molar-refractivity contribution >= 4 is 51.3 Å². The molecule has 6 heteroatoms. The predicted molar refractivity (Wildman–Crippen MR) is 111 cm³/mol. The quantitative estimate of drug-likeness (QED) is 0.269. The second kappa shape index (κ2) is 7.41. The van der Waals surface area contributed by atoms with Crippen LogP contribution in [0.25, 0.3) is 10.9 Å². The molecular weight excluding hydrogens is 441 g/mol. The molecule has 3 nitrogen and oxygen atoms in total. The summed E-state index contributed by atoms with van der Waals surface area (Å²) in [5.41, 5.74) is 1.99. The average Bonchev–Trinajstić information content (AvgIpc) is 2.67. The van der Waals surface area contributed by atoms with Crippen molar-refractivity contribution in [1.29, 1.82) is 0 Å². The van der Waals surface area contributed by atoms with E-state index in [4.69, 9.17) is 4.65 Å². The highest BCUT2D eigenvalue weighted by Gasteiger charge is 2.28. The first-order valence-corrected chi connectivity index (χ1v) is 9.16. The molecule has 4 aromatic rings. The fourth-order valence-corrected chi connectivity index (χ4v) is 3.44. The summed E-state index contributed by atoms with van der Waals surface area (Å²) in [4.78, 5) is 8.21. The van der Waals surface area contributed by atoms with Crippen molar-refractivity contribution < 1.29 is 9.04 Å². The number of aromatic nitrogens is 2. The Bertz CT molecular complexity index is 1070. The van der Waals surface area contributed by atoms with Crippen molar-refractivity contribution in [3.8, 4) is 5.75 Å². The smallest absolute Gasteiger partial charge is 0.431 e. The van der Waals surface area contributed by atoms with Gasteiger partial charge in [0.15, 0.2) is 0 Å². The van der Waals surface area contributed by atoms with Crippen LogP contribution in [0.15, 0.2) is 79.1 Å². The number of pyridine rings is 2. The van der Waals surface area contributed by atoms with Gasteiger partial charge in [-0.3, -0.25) is 4.98 Å². The number of rotatable bonds is 4. The molecule has 26 heavy (non-hydrogen) atoms. The lowest BCUT2D eigenvalue weighted by atomic mass is 9.55. The fourth-order valence-electron chi connectivity index (χ4n) is 2.87. The molecule has 0 amide bonds. The van der Waals surface area contributed by atoms with Crippen molar-refractivity contribution in [3.63, 3.8) is 0 Å². The van der Waals surface area contributed by atoms with Gasteiger partial charge >= 0.3 is 6.92 Å². The summed E-state index contributed by atoms with van der Waals surface area (Å²) >= 11 is 2.23. The number of benzene rings is 2. The topological polar surface area (TPSA) is 35.0 Å². The Morgan fingerprint density at radius 1 is 0.885 bits per heavy atom. The first kappa shape index (κ1) is 17.0. The lowest BCUT2D eigenvalue weighted by Gasteiger charge is -2.18. The number of hydrogen-bond acceptors (Lipinski definition) is 3. The molecule has 2 aromatic carbocycles. The third-order valence-corrected chi connectivity index (χ3v) is 4.73. The van der Waals surface area contributed by atoms with Crippen LogP contribution in [-0.4, -0.2) is 16.9 Å². The minimum atomic E-state index is -0.619. The van der Waals surface area contributed by atoms with E-state index in [1.54, 1.807) is 18.3 Å². The van der Waals surface area contributed by atoms with Gasteiger partial charge in [0.25, 0.3) is 0 Å². The summed E-state index contributed by atoms with van der Waals surface area (Å²) in [6.45, 7) is -0.619. The van der Waals surface area contributed by atoms with Crippen molar-refractivity contribution in [2.24, 2.45) is 0 Å². The van der Waals surface area contributed by atoms with Gasteiger partial charge in [-0.1, -0.05) is 42.5 Å². The van der Waals surface area contributed by atoms with Gasteiger partial charge in [-0.2, -0.15) is 4.39 Å². The Balaban J connectivity index is 1.84. The summed E-state index contributed by atoms with van der Waals surface area (Å²) in [7, 11) is 0. The standard InChI is InChI=1S/C20H13BFIN2O/c22-20-17(9-4-12-25-20)21(15-7-2-8-16(23)13-15)26-18-10-1-5-14-6-3-11-24-19(14)18/h1-13H. The van der Waals surface area contributed by atoms with Gasteiger partial charge < -0.3 is 4.65 Å². The largest absolute Gasteiger partial charge is 0.550 e. The monoisotopic (exact) mass is 454 g/mol. The van der Waals surface area contributed by atoms with E-state index >= 15 is 0 Å². The Morgan fingerprint density at radius 2 is 1.65 bits per heavy atom. The highest BCUT2D eigenvalue weighted by Crippen LogP contribution is 2.23. The van der Waals surface area contributed by atoms with Crippen molar-refractivity contribution in [2.45, 2.75) is 0 Å². The third-order valence-electron chi connectivity index (χ3n) is 4.06. The highest BCUT2D eigenvalue weighted by molar-refractivity contribution is 14.1. The Kier molecular flexibility index (Phi) is 4.84. The van der Waals surface area contributed by atoms with E-state index in [2.05, 4.69) is 32.6 Å². The van der Waals surface area contributed by atoms with Gasteiger partial charge in [0.05, 0.1) is 0 Å². The van der Waals surface area contributed by atoms with Crippen LogP contribution in [0.2, 0.25) is 0 Å². The van der Waals surface area contributed by atoms with Gasteiger partial charge in [-0.15, -0.1) is 0 Å². The lowest BCUT2D eigenvalue weighted by molar-refractivity contribution is 0.573. The van der Waals surface area contributed by atoms with E-state index < -0.39 is 12.9 Å². The first-order chi connectivity index (χ1) is 12.7. The summed E-state index contributed by atoms with van der Waals surface area (Å²) in [6, 6.07) is 20.8. The molecule has 2 aromatic heterocycles. The predicted octanol–water partition coefficient (Wildman–Crippen LogP) is 3.56. The van der Waals surface area contributed by atoms with E-state index in [1.807, 2.05) is 54.6 Å². The van der Waals surface area contributed by atoms with Gasteiger partial charge in [0.2, 0.25) is 5.95 Å². The molecule has 0 aliphatic rings. The number of para-hydroxylation sites is 1. The van der Waals surface area contributed by atoms with Crippen molar-refractivity contribution in [2.75, 3.05) is 0 Å². The summed E-state index contributed by atoms with van der Waals surface area (Å²) in [5, 5.41) is 0.970. The summed E-state index contributed by atoms with van der Waals surface area (Å²) in [6.07, 6.45) is 3.16. The first-order valence-electron chi connectivity index (χ1n) is 8.08. The molecule has 4 rings (SSSR count). The second-order valence-electron chi connectivity index (χ2n) is 5.77. The second-order valence-corrected chi connectivity index (χ2v) is 7.01. The van der Waals surface area contributed by atoms with Crippen molar-refractivity contribution in [3.05, 3.63) is 88.6 Å². The summed E-state index contributed by atoms with van der Waals surface area (Å²) < 4.78 is 21.8. The molecular formula is C20H13BFIN2O. The number of fused-ring (bicyclic) bond motifs is 1. The highest BCUT2D eigenvalue weighted by atomic mass is 127. The molecule has 0 saturated heterocycles. The molecule has 0 unspecified atom stereocenters. The Labute approximate surface area is 164 Å². The normalized spacial score (nSPS) is 10.7. The zero-order valence-electron chi connectivity index (χ0n) is 13.6.